The zero-order valence-corrected chi connectivity index (χ0v) is 10.6. The van der Waals surface area contributed by atoms with Crippen molar-refractivity contribution >= 4 is 7.25 Å². The molecule has 0 bridgehead atoms. The second-order valence-corrected chi connectivity index (χ2v) is 3.69. The molecule has 0 heterocycles. The van der Waals surface area contributed by atoms with Crippen LogP contribution in [0, 0.1) is 0 Å². The Hall–Kier alpha value is -0.295. The standard InChI is InChI=1S/C6H15N.C3H9N.BF4/c1-2-3-4-5-6-7;1-4(2)3;2-1(3,4)5/h2-7H2,1H3;1-3H3;/q;;-1. The van der Waals surface area contributed by atoms with Gasteiger partial charge in [0.2, 0.25) is 0 Å². The molecule has 0 radical (unpaired) electrons. The van der Waals surface area contributed by atoms with E-state index >= 15 is 0 Å². The molecule has 0 aliphatic carbocycles. The zero-order chi connectivity index (χ0) is 13.6. The lowest BCUT2D eigenvalue weighted by molar-refractivity contribution is 0.368. The average molecular weight is 247 g/mol. The normalized spacial score (nSPS) is 10.1. The van der Waals surface area contributed by atoms with Gasteiger partial charge in [0.25, 0.3) is 0 Å². The maximum Gasteiger partial charge on any atom is 0.673 e. The highest BCUT2D eigenvalue weighted by Crippen LogP contribution is 2.06. The van der Waals surface area contributed by atoms with Crippen molar-refractivity contribution in [2.24, 2.45) is 5.73 Å². The van der Waals surface area contributed by atoms with E-state index in [4.69, 9.17) is 5.73 Å². The Morgan fingerprint density at radius 1 is 0.938 bits per heavy atom. The van der Waals surface area contributed by atoms with Gasteiger partial charge in [-0.2, -0.15) is 0 Å². The molecule has 0 unspecified atom stereocenters. The summed E-state index contributed by atoms with van der Waals surface area (Å²) < 4.78 is 39.0. The molecule has 0 aromatic rings. The third-order valence-corrected chi connectivity index (χ3v) is 1.06. The van der Waals surface area contributed by atoms with Crippen molar-refractivity contribution in [2.45, 2.75) is 32.6 Å². The van der Waals surface area contributed by atoms with E-state index in [-0.39, 0.29) is 0 Å². The summed E-state index contributed by atoms with van der Waals surface area (Å²) in [6.07, 6.45) is 5.16. The summed E-state index contributed by atoms with van der Waals surface area (Å²) in [6.45, 7) is 3.07. The zero-order valence-electron chi connectivity index (χ0n) is 10.6. The largest absolute Gasteiger partial charge is 0.673 e. The van der Waals surface area contributed by atoms with Crippen molar-refractivity contribution < 1.29 is 17.3 Å². The van der Waals surface area contributed by atoms with E-state index in [0.717, 1.165) is 6.54 Å². The molecule has 2 nitrogen and oxygen atoms in total. The Kier molecular flexibility index (Phi) is 19.3. The minimum absolute atomic E-state index is 0.861. The van der Waals surface area contributed by atoms with E-state index in [0.29, 0.717) is 0 Å². The van der Waals surface area contributed by atoms with Crippen molar-refractivity contribution in [3.63, 3.8) is 0 Å². The Morgan fingerprint density at radius 3 is 1.44 bits per heavy atom. The number of hydrogen-bond acceptors (Lipinski definition) is 2. The first kappa shape index (κ1) is 21.0. The van der Waals surface area contributed by atoms with E-state index < -0.39 is 7.25 Å². The van der Waals surface area contributed by atoms with Gasteiger partial charge in [-0.1, -0.05) is 26.2 Å². The molecule has 2 N–H and O–H groups in total. The lowest BCUT2D eigenvalue weighted by atomic mass is 10.2. The van der Waals surface area contributed by atoms with Gasteiger partial charge in [0.1, 0.15) is 0 Å². The molecule has 0 rings (SSSR count). The number of hydrogen-bond donors (Lipinski definition) is 1. The second kappa shape index (κ2) is 14.7. The molecule has 0 saturated carbocycles. The van der Waals surface area contributed by atoms with Gasteiger partial charge in [0.05, 0.1) is 0 Å². The summed E-state index contributed by atoms with van der Waals surface area (Å²) in [4.78, 5) is 2.00. The van der Waals surface area contributed by atoms with Crippen LogP contribution in [0.4, 0.5) is 17.3 Å². The minimum Gasteiger partial charge on any atom is -0.418 e. The lowest BCUT2D eigenvalue weighted by Gasteiger charge is -1.94. The molecule has 0 aromatic carbocycles. The minimum atomic E-state index is -6.00. The summed E-state index contributed by atoms with van der Waals surface area (Å²) in [5.74, 6) is 0. The van der Waals surface area contributed by atoms with Gasteiger partial charge in [0.15, 0.2) is 0 Å². The van der Waals surface area contributed by atoms with Gasteiger partial charge in [-0.15, -0.1) is 0 Å². The molecule has 102 valence electrons. The van der Waals surface area contributed by atoms with Crippen LogP contribution in [0.3, 0.4) is 0 Å². The van der Waals surface area contributed by atoms with Crippen LogP contribution in [-0.4, -0.2) is 39.8 Å². The molecule has 0 aliphatic heterocycles. The van der Waals surface area contributed by atoms with Gasteiger partial charge in [-0.05, 0) is 34.1 Å². The van der Waals surface area contributed by atoms with E-state index in [1.165, 1.54) is 25.7 Å². The number of nitrogens with zero attached hydrogens (tertiary/aromatic N) is 1. The molecule has 0 spiro atoms. The molecule has 0 saturated heterocycles. The molecule has 0 aliphatic rings. The highest BCUT2D eigenvalue weighted by Gasteiger charge is 2.20. The van der Waals surface area contributed by atoms with Gasteiger partial charge in [-0.25, -0.2) is 0 Å². The van der Waals surface area contributed by atoms with Crippen molar-refractivity contribution in [1.82, 2.24) is 4.90 Å². The van der Waals surface area contributed by atoms with Gasteiger partial charge in [0, 0.05) is 0 Å². The van der Waals surface area contributed by atoms with Crippen LogP contribution >= 0.6 is 0 Å². The van der Waals surface area contributed by atoms with Crippen LogP contribution in [0.2, 0.25) is 0 Å². The summed E-state index contributed by atoms with van der Waals surface area (Å²) >= 11 is 0. The number of nitrogens with two attached hydrogens (primary N) is 1. The van der Waals surface area contributed by atoms with Crippen LogP contribution in [0.25, 0.3) is 0 Å². The predicted molar refractivity (Wildman–Crippen MR) is 63.0 cm³/mol. The highest BCUT2D eigenvalue weighted by atomic mass is 19.5. The molecule has 0 fully saturated rings. The number of rotatable bonds is 4. The smallest absolute Gasteiger partial charge is 0.418 e. The summed E-state index contributed by atoms with van der Waals surface area (Å²) in [6, 6.07) is 0. The SMILES string of the molecule is CCCCCCN.CN(C)C.F[B-](F)(F)F. The van der Waals surface area contributed by atoms with E-state index in [1.54, 1.807) is 0 Å². The average Bonchev–Trinajstić information content (AvgIpc) is 2.01. The number of halogens is 4. The first-order valence-electron chi connectivity index (χ1n) is 5.33. The Bertz CT molecular complexity index is 108. The molecule has 7 heteroatoms. The highest BCUT2D eigenvalue weighted by molar-refractivity contribution is 6.50. The fourth-order valence-corrected chi connectivity index (χ4v) is 0.571. The first-order chi connectivity index (χ1) is 7.15. The first-order valence-corrected chi connectivity index (χ1v) is 5.33. The van der Waals surface area contributed by atoms with Crippen molar-refractivity contribution in [1.29, 1.82) is 0 Å². The molecular weight excluding hydrogens is 223 g/mol. The van der Waals surface area contributed by atoms with Gasteiger partial charge in [-0.3, -0.25) is 0 Å². The Labute approximate surface area is 96.3 Å². The summed E-state index contributed by atoms with van der Waals surface area (Å²) in [7, 11) is 0. The quantitative estimate of drug-likeness (QED) is 0.470. The van der Waals surface area contributed by atoms with Gasteiger partial charge < -0.3 is 27.9 Å². The summed E-state index contributed by atoms with van der Waals surface area (Å²) in [5.41, 5.74) is 5.27. The van der Waals surface area contributed by atoms with Crippen molar-refractivity contribution in [3.8, 4) is 0 Å². The third-order valence-electron chi connectivity index (χ3n) is 1.06. The fraction of sp³-hybridized carbons (Fsp3) is 1.00. The van der Waals surface area contributed by atoms with E-state index in [9.17, 15) is 17.3 Å². The fourth-order valence-electron chi connectivity index (χ4n) is 0.571. The topological polar surface area (TPSA) is 29.3 Å². The molecule has 0 aromatic heterocycles. The maximum absolute atomic E-state index is 9.75. The Balaban J connectivity index is -0.000000166. The van der Waals surface area contributed by atoms with E-state index in [1.807, 2.05) is 26.0 Å². The van der Waals surface area contributed by atoms with Crippen LogP contribution in [0.1, 0.15) is 32.6 Å². The van der Waals surface area contributed by atoms with Crippen LogP contribution < -0.4 is 5.73 Å². The van der Waals surface area contributed by atoms with Crippen molar-refractivity contribution in [3.05, 3.63) is 0 Å². The van der Waals surface area contributed by atoms with Crippen LogP contribution in [0.15, 0.2) is 0 Å². The molecule has 16 heavy (non-hydrogen) atoms. The van der Waals surface area contributed by atoms with Crippen LogP contribution in [0.5, 0.6) is 0 Å². The third kappa shape index (κ3) is 161. The summed E-state index contributed by atoms with van der Waals surface area (Å²) in [5, 5.41) is 0. The monoisotopic (exact) mass is 247 g/mol. The molecule has 0 atom stereocenters. The Morgan fingerprint density at radius 2 is 1.25 bits per heavy atom. The predicted octanol–water partition coefficient (Wildman–Crippen LogP) is 3.00. The molecule has 0 amide bonds. The second-order valence-electron chi connectivity index (χ2n) is 3.69. The maximum atomic E-state index is 9.75. The van der Waals surface area contributed by atoms with Crippen molar-refractivity contribution in [2.75, 3.05) is 27.7 Å². The van der Waals surface area contributed by atoms with Crippen LogP contribution in [-0.2, 0) is 0 Å². The van der Waals surface area contributed by atoms with Gasteiger partial charge >= 0.3 is 7.25 Å². The molecular formula is C9H24BF4N2-. The van der Waals surface area contributed by atoms with E-state index in [2.05, 4.69) is 6.92 Å². The lowest BCUT2D eigenvalue weighted by Crippen LogP contribution is -2.02. The number of unbranched alkanes of at least 4 members (excludes halogenated alkanes) is 3.